The molecule has 27 heavy (non-hydrogen) atoms. The Kier molecular flexibility index (Phi) is 7.23. The van der Waals surface area contributed by atoms with E-state index in [1.54, 1.807) is 19.2 Å². The molecule has 0 fully saturated rings. The first-order valence-electron chi connectivity index (χ1n) is 8.40. The van der Waals surface area contributed by atoms with E-state index in [0.717, 1.165) is 27.5 Å². The van der Waals surface area contributed by atoms with Crippen LogP contribution in [0.3, 0.4) is 0 Å². The Hall–Kier alpha value is -2.10. The van der Waals surface area contributed by atoms with Crippen LogP contribution in [0.1, 0.15) is 10.4 Å². The van der Waals surface area contributed by atoms with E-state index in [0.29, 0.717) is 13.2 Å². The Labute approximate surface area is 164 Å². The van der Waals surface area contributed by atoms with Crippen molar-refractivity contribution in [1.82, 2.24) is 14.5 Å². The molecular formula is C18H25N3O4S2. The number of rotatable bonds is 8. The summed E-state index contributed by atoms with van der Waals surface area (Å²) in [6.07, 6.45) is 0. The van der Waals surface area contributed by atoms with Crippen molar-refractivity contribution in [2.24, 2.45) is 0 Å². The summed E-state index contributed by atoms with van der Waals surface area (Å²) in [5.74, 6) is 0.805. The lowest BCUT2D eigenvalue weighted by Crippen LogP contribution is -2.38. The molecule has 0 saturated heterocycles. The Morgan fingerprint density at radius 2 is 1.85 bits per heavy atom. The first kappa shape index (κ1) is 21.2. The van der Waals surface area contributed by atoms with E-state index in [4.69, 9.17) is 4.74 Å². The molecule has 0 aliphatic heterocycles. The lowest BCUT2D eigenvalue weighted by molar-refractivity contribution is 0.195. The minimum absolute atomic E-state index is 0.242. The Bertz CT molecular complexity index is 878. The molecule has 9 heteroatoms. The first-order chi connectivity index (χ1) is 12.7. The molecule has 0 unspecified atom stereocenters. The number of likely N-dealkylation sites (N-methyl/N-ethyl adjacent to an activating group) is 1. The summed E-state index contributed by atoms with van der Waals surface area (Å²) in [5, 5.41) is 2.79. The molecule has 2 aromatic rings. The molecule has 2 amide bonds. The fourth-order valence-corrected chi connectivity index (χ4v) is 4.65. The molecule has 1 aromatic carbocycles. The molecule has 7 nitrogen and oxygen atoms in total. The van der Waals surface area contributed by atoms with Gasteiger partial charge in [0.2, 0.25) is 0 Å². The maximum absolute atomic E-state index is 12.2. The van der Waals surface area contributed by atoms with Gasteiger partial charge in [0.15, 0.2) is 0 Å². The zero-order chi connectivity index (χ0) is 20.0. The van der Waals surface area contributed by atoms with E-state index >= 15 is 0 Å². The minimum atomic E-state index is -3.44. The summed E-state index contributed by atoms with van der Waals surface area (Å²) in [6.45, 7) is 3.07. The second-order valence-corrected chi connectivity index (χ2v) is 9.75. The predicted molar refractivity (Wildman–Crippen MR) is 107 cm³/mol. The number of urea groups is 1. The molecule has 0 aliphatic rings. The normalized spacial score (nSPS) is 11.4. The van der Waals surface area contributed by atoms with Gasteiger partial charge in [-0.25, -0.2) is 17.5 Å². The van der Waals surface area contributed by atoms with Crippen LogP contribution in [-0.2, 0) is 16.6 Å². The van der Waals surface area contributed by atoms with Gasteiger partial charge in [-0.15, -0.1) is 11.3 Å². The van der Waals surface area contributed by atoms with Crippen LogP contribution in [0.5, 0.6) is 5.75 Å². The van der Waals surface area contributed by atoms with Crippen molar-refractivity contribution in [2.75, 3.05) is 34.3 Å². The number of sulfonamides is 1. The molecule has 2 rings (SSSR count). The van der Waals surface area contributed by atoms with Gasteiger partial charge in [0.25, 0.3) is 10.0 Å². The largest absolute Gasteiger partial charge is 0.491 e. The van der Waals surface area contributed by atoms with Gasteiger partial charge in [-0.1, -0.05) is 18.2 Å². The number of amides is 2. The molecule has 0 radical (unpaired) electrons. The summed E-state index contributed by atoms with van der Waals surface area (Å²) in [6, 6.07) is 10.7. The maximum Gasteiger partial charge on any atom is 0.317 e. The van der Waals surface area contributed by atoms with Crippen LogP contribution in [0.15, 0.2) is 40.6 Å². The number of ether oxygens (including phenoxy) is 1. The van der Waals surface area contributed by atoms with Crippen molar-refractivity contribution < 1.29 is 17.9 Å². The molecular weight excluding hydrogens is 386 g/mol. The number of nitrogens with zero attached hydrogens (tertiary/aromatic N) is 2. The fourth-order valence-electron chi connectivity index (χ4n) is 2.18. The summed E-state index contributed by atoms with van der Waals surface area (Å²) < 4.78 is 31.3. The van der Waals surface area contributed by atoms with E-state index in [2.05, 4.69) is 5.32 Å². The zero-order valence-corrected chi connectivity index (χ0v) is 17.6. The van der Waals surface area contributed by atoms with Crippen molar-refractivity contribution in [2.45, 2.75) is 17.7 Å². The van der Waals surface area contributed by atoms with Crippen LogP contribution in [0, 0.1) is 6.92 Å². The van der Waals surface area contributed by atoms with Crippen LogP contribution in [0.25, 0.3) is 0 Å². The summed E-state index contributed by atoms with van der Waals surface area (Å²) >= 11 is 1.15. The smallest absolute Gasteiger partial charge is 0.317 e. The highest BCUT2D eigenvalue weighted by molar-refractivity contribution is 7.91. The average Bonchev–Trinajstić information content (AvgIpc) is 3.10. The van der Waals surface area contributed by atoms with Crippen LogP contribution in [0.2, 0.25) is 0 Å². The molecule has 1 aromatic heterocycles. The number of aryl methyl sites for hydroxylation is 1. The predicted octanol–water partition coefficient (Wildman–Crippen LogP) is 2.53. The van der Waals surface area contributed by atoms with Crippen molar-refractivity contribution in [3.8, 4) is 5.75 Å². The minimum Gasteiger partial charge on any atom is -0.491 e. The maximum atomic E-state index is 12.2. The third-order valence-electron chi connectivity index (χ3n) is 3.91. The van der Waals surface area contributed by atoms with Gasteiger partial charge < -0.3 is 15.0 Å². The summed E-state index contributed by atoms with van der Waals surface area (Å²) in [4.78, 5) is 14.5. The van der Waals surface area contributed by atoms with Gasteiger partial charge in [-0.3, -0.25) is 0 Å². The van der Waals surface area contributed by atoms with Crippen molar-refractivity contribution >= 4 is 27.4 Å². The standard InChI is InChI=1S/C18H25N3O4S2/c1-14-7-5-6-8-16(14)25-12-11-21(4)18(22)19-13-15-9-10-17(26-15)27(23,24)20(2)3/h5-10H,11-13H2,1-4H3,(H,19,22). The third-order valence-corrected chi connectivity index (χ3v) is 7.28. The second-order valence-electron chi connectivity index (χ2n) is 6.20. The number of hydrogen-bond acceptors (Lipinski definition) is 5. The van der Waals surface area contributed by atoms with Crippen molar-refractivity contribution in [3.05, 3.63) is 46.8 Å². The first-order valence-corrected chi connectivity index (χ1v) is 10.7. The number of para-hydroxylation sites is 1. The van der Waals surface area contributed by atoms with Crippen LogP contribution in [-0.4, -0.2) is 57.9 Å². The topological polar surface area (TPSA) is 79.0 Å². The molecule has 1 N–H and O–H groups in total. The quantitative estimate of drug-likeness (QED) is 0.724. The van der Waals surface area contributed by atoms with E-state index in [-0.39, 0.29) is 16.8 Å². The Morgan fingerprint density at radius 3 is 2.52 bits per heavy atom. The van der Waals surface area contributed by atoms with E-state index in [9.17, 15) is 13.2 Å². The fraction of sp³-hybridized carbons (Fsp3) is 0.389. The molecule has 1 heterocycles. The van der Waals surface area contributed by atoms with Crippen molar-refractivity contribution in [3.63, 3.8) is 0 Å². The monoisotopic (exact) mass is 411 g/mol. The van der Waals surface area contributed by atoms with Gasteiger partial charge in [0, 0.05) is 26.0 Å². The number of thiophene rings is 1. The van der Waals surface area contributed by atoms with Gasteiger partial charge >= 0.3 is 6.03 Å². The molecule has 0 bridgehead atoms. The number of nitrogens with one attached hydrogen (secondary N) is 1. The van der Waals surface area contributed by atoms with E-state index < -0.39 is 10.0 Å². The van der Waals surface area contributed by atoms with E-state index in [1.807, 2.05) is 31.2 Å². The Morgan fingerprint density at radius 1 is 1.15 bits per heavy atom. The molecule has 0 atom stereocenters. The number of carbonyl (C=O) groups is 1. The van der Waals surface area contributed by atoms with Crippen LogP contribution < -0.4 is 10.1 Å². The van der Waals surface area contributed by atoms with Crippen LogP contribution >= 0.6 is 11.3 Å². The van der Waals surface area contributed by atoms with Gasteiger partial charge in [0.05, 0.1) is 13.1 Å². The number of carbonyl (C=O) groups excluding carboxylic acids is 1. The molecule has 0 aliphatic carbocycles. The number of hydrogen-bond donors (Lipinski definition) is 1. The van der Waals surface area contributed by atoms with Crippen molar-refractivity contribution in [1.29, 1.82) is 0 Å². The molecule has 0 saturated carbocycles. The number of benzene rings is 1. The Balaban J connectivity index is 1.80. The molecule has 148 valence electrons. The van der Waals surface area contributed by atoms with Gasteiger partial charge in [0.1, 0.15) is 16.6 Å². The zero-order valence-electron chi connectivity index (χ0n) is 15.9. The van der Waals surface area contributed by atoms with E-state index in [1.165, 1.54) is 23.3 Å². The highest BCUT2D eigenvalue weighted by Gasteiger charge is 2.19. The SMILES string of the molecule is Cc1ccccc1OCCN(C)C(=O)NCc1ccc(S(=O)(=O)N(C)C)s1. The van der Waals surface area contributed by atoms with Gasteiger partial charge in [-0.05, 0) is 30.7 Å². The van der Waals surface area contributed by atoms with Gasteiger partial charge in [-0.2, -0.15) is 0 Å². The van der Waals surface area contributed by atoms with Crippen LogP contribution in [0.4, 0.5) is 4.79 Å². The third kappa shape index (κ3) is 5.69. The highest BCUT2D eigenvalue weighted by atomic mass is 32.2. The average molecular weight is 412 g/mol. The highest BCUT2D eigenvalue weighted by Crippen LogP contribution is 2.23. The lowest BCUT2D eigenvalue weighted by Gasteiger charge is -2.18. The summed E-state index contributed by atoms with van der Waals surface area (Å²) in [5.41, 5.74) is 1.05. The molecule has 0 spiro atoms. The second kappa shape index (κ2) is 9.20. The lowest BCUT2D eigenvalue weighted by atomic mass is 10.2. The summed E-state index contributed by atoms with van der Waals surface area (Å²) in [7, 11) is 1.23.